The SMILES string of the molecule is C[C@@H]1CN(c2ncnc(N)c2[N+](=O)[O-])C[C@H](C)O1. The van der Waals surface area contributed by atoms with Gasteiger partial charge in [-0.15, -0.1) is 0 Å². The number of nitrogens with two attached hydrogens (primary N) is 1. The number of anilines is 2. The lowest BCUT2D eigenvalue weighted by Crippen LogP contribution is -2.46. The van der Waals surface area contributed by atoms with Gasteiger partial charge in [0.05, 0.1) is 17.1 Å². The van der Waals surface area contributed by atoms with E-state index in [2.05, 4.69) is 9.97 Å². The molecule has 0 unspecified atom stereocenters. The third-order valence-corrected chi connectivity index (χ3v) is 2.73. The summed E-state index contributed by atoms with van der Waals surface area (Å²) in [6.45, 7) is 4.92. The van der Waals surface area contributed by atoms with Gasteiger partial charge in [0.2, 0.25) is 11.6 Å². The van der Waals surface area contributed by atoms with Gasteiger partial charge in [0.1, 0.15) is 6.33 Å². The van der Waals surface area contributed by atoms with Crippen LogP contribution < -0.4 is 10.6 Å². The summed E-state index contributed by atoms with van der Waals surface area (Å²) in [5.74, 6) is 0.145. The molecule has 2 rings (SSSR count). The van der Waals surface area contributed by atoms with Gasteiger partial charge < -0.3 is 15.4 Å². The highest BCUT2D eigenvalue weighted by Gasteiger charge is 2.30. The first-order valence-corrected chi connectivity index (χ1v) is 5.64. The number of nitrogens with zero attached hydrogens (tertiary/aromatic N) is 4. The van der Waals surface area contributed by atoms with Crippen molar-refractivity contribution < 1.29 is 9.66 Å². The number of morpholine rings is 1. The standard InChI is InChI=1S/C10H15N5O3/c1-6-3-14(4-7(2)18-6)10-8(15(16)17)9(11)12-5-13-10/h5-7H,3-4H2,1-2H3,(H2,11,12,13)/t6-,7+. The predicted octanol–water partition coefficient (Wildman–Crippen LogP) is 0.581. The highest BCUT2D eigenvalue weighted by molar-refractivity contribution is 5.68. The molecule has 18 heavy (non-hydrogen) atoms. The zero-order valence-electron chi connectivity index (χ0n) is 10.2. The molecule has 0 aromatic carbocycles. The molecule has 1 aliphatic heterocycles. The number of rotatable bonds is 2. The van der Waals surface area contributed by atoms with Gasteiger partial charge in [-0.05, 0) is 13.8 Å². The molecule has 98 valence electrons. The minimum Gasteiger partial charge on any atom is -0.378 e. The van der Waals surface area contributed by atoms with Crippen LogP contribution in [0.1, 0.15) is 13.8 Å². The van der Waals surface area contributed by atoms with E-state index in [-0.39, 0.29) is 29.5 Å². The Kier molecular flexibility index (Phi) is 3.28. The summed E-state index contributed by atoms with van der Waals surface area (Å²) in [6.07, 6.45) is 1.22. The molecule has 0 saturated carbocycles. The second-order valence-corrected chi connectivity index (χ2v) is 4.35. The van der Waals surface area contributed by atoms with Crippen molar-refractivity contribution in [2.75, 3.05) is 23.7 Å². The lowest BCUT2D eigenvalue weighted by atomic mass is 10.2. The van der Waals surface area contributed by atoms with E-state index in [1.54, 1.807) is 0 Å². The van der Waals surface area contributed by atoms with E-state index in [4.69, 9.17) is 10.5 Å². The Balaban J connectivity index is 2.38. The first-order chi connectivity index (χ1) is 8.49. The van der Waals surface area contributed by atoms with Gasteiger partial charge in [0, 0.05) is 13.1 Å². The molecule has 2 N–H and O–H groups in total. The van der Waals surface area contributed by atoms with Gasteiger partial charge in [-0.1, -0.05) is 0 Å². The third kappa shape index (κ3) is 2.33. The smallest absolute Gasteiger partial charge is 0.353 e. The quantitative estimate of drug-likeness (QED) is 0.606. The van der Waals surface area contributed by atoms with Crippen LogP contribution in [0.4, 0.5) is 17.3 Å². The number of aromatic nitrogens is 2. The van der Waals surface area contributed by atoms with Crippen molar-refractivity contribution in [1.82, 2.24) is 9.97 Å². The average molecular weight is 253 g/mol. The van der Waals surface area contributed by atoms with Crippen molar-refractivity contribution in [3.05, 3.63) is 16.4 Å². The fourth-order valence-electron chi connectivity index (χ4n) is 2.14. The van der Waals surface area contributed by atoms with E-state index in [1.807, 2.05) is 18.7 Å². The molecule has 1 aromatic rings. The van der Waals surface area contributed by atoms with E-state index in [1.165, 1.54) is 6.33 Å². The molecular weight excluding hydrogens is 238 g/mol. The molecule has 8 nitrogen and oxygen atoms in total. The minimum atomic E-state index is -0.546. The van der Waals surface area contributed by atoms with E-state index in [0.717, 1.165) is 0 Å². The predicted molar refractivity (Wildman–Crippen MR) is 65.3 cm³/mol. The van der Waals surface area contributed by atoms with Crippen LogP contribution in [0.5, 0.6) is 0 Å². The maximum Gasteiger partial charge on any atom is 0.353 e. The van der Waals surface area contributed by atoms with Crippen molar-refractivity contribution in [1.29, 1.82) is 0 Å². The third-order valence-electron chi connectivity index (χ3n) is 2.73. The maximum atomic E-state index is 11.0. The second-order valence-electron chi connectivity index (χ2n) is 4.35. The van der Waals surface area contributed by atoms with E-state index in [9.17, 15) is 10.1 Å². The Morgan fingerprint density at radius 3 is 2.61 bits per heavy atom. The number of hydrogen-bond acceptors (Lipinski definition) is 7. The maximum absolute atomic E-state index is 11.0. The van der Waals surface area contributed by atoms with Gasteiger partial charge in [-0.2, -0.15) is 0 Å². The normalized spacial score (nSPS) is 24.0. The van der Waals surface area contributed by atoms with Crippen LogP contribution in [-0.4, -0.2) is 40.2 Å². The lowest BCUT2D eigenvalue weighted by molar-refractivity contribution is -0.383. The first kappa shape index (κ1) is 12.5. The zero-order chi connectivity index (χ0) is 13.3. The van der Waals surface area contributed by atoms with Crippen LogP contribution in [0.3, 0.4) is 0 Å². The molecule has 1 fully saturated rings. The summed E-state index contributed by atoms with van der Waals surface area (Å²) in [6, 6.07) is 0. The molecule has 0 radical (unpaired) electrons. The van der Waals surface area contributed by atoms with Crippen LogP contribution in [0.15, 0.2) is 6.33 Å². The largest absolute Gasteiger partial charge is 0.378 e. The summed E-state index contributed by atoms with van der Waals surface area (Å²) in [5, 5.41) is 11.0. The zero-order valence-corrected chi connectivity index (χ0v) is 10.2. The van der Waals surface area contributed by atoms with Crippen molar-refractivity contribution in [3.8, 4) is 0 Å². The molecule has 0 spiro atoms. The van der Waals surface area contributed by atoms with Crippen molar-refractivity contribution in [2.24, 2.45) is 0 Å². The average Bonchev–Trinajstić information content (AvgIpc) is 2.26. The molecule has 8 heteroatoms. The molecule has 2 heterocycles. The van der Waals surface area contributed by atoms with Gasteiger partial charge in [0.15, 0.2) is 0 Å². The summed E-state index contributed by atoms with van der Waals surface area (Å²) in [5.41, 5.74) is 5.31. The van der Waals surface area contributed by atoms with Gasteiger partial charge in [-0.3, -0.25) is 10.1 Å². The van der Waals surface area contributed by atoms with Crippen molar-refractivity contribution in [2.45, 2.75) is 26.1 Å². The molecule has 2 atom stereocenters. The first-order valence-electron chi connectivity index (χ1n) is 5.64. The van der Waals surface area contributed by atoms with Crippen LogP contribution in [0.25, 0.3) is 0 Å². The lowest BCUT2D eigenvalue weighted by Gasteiger charge is -2.35. The topological polar surface area (TPSA) is 107 Å². The molecule has 1 aromatic heterocycles. The molecule has 0 amide bonds. The summed E-state index contributed by atoms with van der Waals surface area (Å²) < 4.78 is 5.58. The molecule has 1 aliphatic rings. The Morgan fingerprint density at radius 2 is 2.06 bits per heavy atom. The second kappa shape index (κ2) is 4.73. The number of nitro groups is 1. The van der Waals surface area contributed by atoms with Crippen molar-refractivity contribution in [3.63, 3.8) is 0 Å². The van der Waals surface area contributed by atoms with Crippen LogP contribution in [0.2, 0.25) is 0 Å². The fraction of sp³-hybridized carbons (Fsp3) is 0.600. The minimum absolute atomic E-state index is 0.00968. The number of hydrogen-bond donors (Lipinski definition) is 1. The fourth-order valence-corrected chi connectivity index (χ4v) is 2.14. The summed E-state index contributed by atoms with van der Waals surface area (Å²) in [7, 11) is 0. The number of ether oxygens (including phenoxy) is 1. The Labute approximate surface area is 104 Å². The number of nitrogen functional groups attached to an aromatic ring is 1. The molecule has 0 bridgehead atoms. The Hall–Kier alpha value is -1.96. The van der Waals surface area contributed by atoms with Crippen LogP contribution >= 0.6 is 0 Å². The van der Waals surface area contributed by atoms with E-state index < -0.39 is 4.92 Å². The highest BCUT2D eigenvalue weighted by Crippen LogP contribution is 2.31. The molecule has 0 aliphatic carbocycles. The van der Waals surface area contributed by atoms with Gasteiger partial charge >= 0.3 is 5.69 Å². The molecular formula is C10H15N5O3. The summed E-state index contributed by atoms with van der Waals surface area (Å²) in [4.78, 5) is 20.0. The van der Waals surface area contributed by atoms with Crippen LogP contribution in [-0.2, 0) is 4.74 Å². The monoisotopic (exact) mass is 253 g/mol. The van der Waals surface area contributed by atoms with Gasteiger partial charge in [-0.25, -0.2) is 9.97 Å². The molecule has 1 saturated heterocycles. The van der Waals surface area contributed by atoms with Gasteiger partial charge in [0.25, 0.3) is 0 Å². The van der Waals surface area contributed by atoms with Crippen LogP contribution in [0, 0.1) is 10.1 Å². The Bertz CT molecular complexity index is 457. The highest BCUT2D eigenvalue weighted by atomic mass is 16.6. The van der Waals surface area contributed by atoms with Crippen molar-refractivity contribution >= 4 is 17.3 Å². The van der Waals surface area contributed by atoms with E-state index >= 15 is 0 Å². The summed E-state index contributed by atoms with van der Waals surface area (Å²) >= 11 is 0. The Morgan fingerprint density at radius 1 is 1.44 bits per heavy atom. The van der Waals surface area contributed by atoms with E-state index in [0.29, 0.717) is 13.1 Å².